The highest BCUT2D eigenvalue weighted by atomic mass is 19.1. The van der Waals surface area contributed by atoms with Crippen molar-refractivity contribution in [2.75, 3.05) is 31.1 Å². The largest absolute Gasteiger partial charge is 0.290 e. The number of carbonyl (C=O) groups is 2. The fraction of sp³-hybridized carbons (Fsp3) is 0.310. The van der Waals surface area contributed by atoms with Gasteiger partial charge in [0.25, 0.3) is 5.91 Å². The summed E-state index contributed by atoms with van der Waals surface area (Å²) in [6.07, 6.45) is 0.172. The van der Waals surface area contributed by atoms with Crippen LogP contribution < -0.4 is 4.90 Å². The fourth-order valence-electron chi connectivity index (χ4n) is 5.25. The Morgan fingerprint density at radius 2 is 1.31 bits per heavy atom. The summed E-state index contributed by atoms with van der Waals surface area (Å²) in [5.41, 5.74) is 4.62. The number of piperazine rings is 1. The molecule has 186 valence electrons. The van der Waals surface area contributed by atoms with E-state index in [4.69, 9.17) is 0 Å². The van der Waals surface area contributed by atoms with Crippen LogP contribution in [0, 0.1) is 25.5 Å². The minimum Gasteiger partial charge on any atom is -0.290 e. The van der Waals surface area contributed by atoms with Crippen LogP contribution in [0.1, 0.15) is 34.7 Å². The summed E-state index contributed by atoms with van der Waals surface area (Å²) < 4.78 is 27.2. The second-order valence-electron chi connectivity index (χ2n) is 9.63. The van der Waals surface area contributed by atoms with Gasteiger partial charge in [0.2, 0.25) is 5.91 Å². The highest BCUT2D eigenvalue weighted by molar-refractivity contribution is 6.22. The fourth-order valence-corrected chi connectivity index (χ4v) is 5.25. The van der Waals surface area contributed by atoms with Crippen LogP contribution in [0.25, 0.3) is 0 Å². The summed E-state index contributed by atoms with van der Waals surface area (Å²) in [7, 11) is 0. The first kappa shape index (κ1) is 24.3. The molecular formula is C29H29F2N3O2. The van der Waals surface area contributed by atoms with Gasteiger partial charge in [-0.05, 0) is 72.5 Å². The first-order chi connectivity index (χ1) is 17.3. The summed E-state index contributed by atoms with van der Waals surface area (Å²) >= 11 is 0. The van der Waals surface area contributed by atoms with Crippen LogP contribution in [0.3, 0.4) is 0 Å². The van der Waals surface area contributed by atoms with Crippen molar-refractivity contribution in [2.45, 2.75) is 32.4 Å². The van der Waals surface area contributed by atoms with E-state index in [2.05, 4.69) is 9.80 Å². The number of imide groups is 1. The van der Waals surface area contributed by atoms with Crippen molar-refractivity contribution in [2.24, 2.45) is 0 Å². The third-order valence-electron chi connectivity index (χ3n) is 7.40. The predicted molar refractivity (Wildman–Crippen MR) is 135 cm³/mol. The first-order valence-electron chi connectivity index (χ1n) is 12.2. The number of carbonyl (C=O) groups excluding carboxylic acids is 2. The van der Waals surface area contributed by atoms with Gasteiger partial charge in [-0.15, -0.1) is 0 Å². The number of halogens is 2. The standard InChI is InChI=1S/C29H29F2N3O2/c1-19-3-12-25(17-20(19)2)34-27(35)18-26(29(34)36)32-13-15-33(16-14-32)28(21-4-8-23(30)9-5-21)22-6-10-24(31)11-7-22/h3-12,17,26,28H,13-16,18H2,1-2H3. The second-order valence-corrected chi connectivity index (χ2v) is 9.63. The second kappa shape index (κ2) is 9.91. The van der Waals surface area contributed by atoms with E-state index in [1.807, 2.05) is 32.0 Å². The van der Waals surface area contributed by atoms with Crippen molar-refractivity contribution < 1.29 is 18.4 Å². The quantitative estimate of drug-likeness (QED) is 0.491. The van der Waals surface area contributed by atoms with Crippen molar-refractivity contribution in [1.29, 1.82) is 0 Å². The smallest absolute Gasteiger partial charge is 0.251 e. The Bertz CT molecular complexity index is 1220. The molecule has 2 amide bonds. The molecule has 5 rings (SSSR count). The Hall–Kier alpha value is -3.42. The minimum absolute atomic E-state index is 0.165. The topological polar surface area (TPSA) is 43.9 Å². The molecule has 3 aromatic carbocycles. The monoisotopic (exact) mass is 489 g/mol. The van der Waals surface area contributed by atoms with E-state index in [9.17, 15) is 18.4 Å². The maximum Gasteiger partial charge on any atom is 0.251 e. The van der Waals surface area contributed by atoms with Crippen LogP contribution in [-0.2, 0) is 9.59 Å². The molecule has 2 aliphatic heterocycles. The Balaban J connectivity index is 1.32. The Morgan fingerprint density at radius 1 is 0.750 bits per heavy atom. The van der Waals surface area contributed by atoms with Gasteiger partial charge in [0.05, 0.1) is 24.2 Å². The molecule has 7 heteroatoms. The van der Waals surface area contributed by atoms with Gasteiger partial charge in [0.1, 0.15) is 11.6 Å². The summed E-state index contributed by atoms with van der Waals surface area (Å²) in [6, 6.07) is 17.8. The Morgan fingerprint density at radius 3 is 1.83 bits per heavy atom. The molecule has 2 fully saturated rings. The van der Waals surface area contributed by atoms with Crippen molar-refractivity contribution in [3.8, 4) is 0 Å². The lowest BCUT2D eigenvalue weighted by Gasteiger charge is -2.41. The number of hydrogen-bond acceptors (Lipinski definition) is 4. The van der Waals surface area contributed by atoms with Crippen LogP contribution in [-0.4, -0.2) is 53.8 Å². The molecule has 0 radical (unpaired) electrons. The van der Waals surface area contributed by atoms with Gasteiger partial charge in [0, 0.05) is 26.2 Å². The zero-order valence-electron chi connectivity index (χ0n) is 20.5. The van der Waals surface area contributed by atoms with E-state index in [0.29, 0.717) is 31.9 Å². The third kappa shape index (κ3) is 4.68. The van der Waals surface area contributed by atoms with Crippen molar-refractivity contribution >= 4 is 17.5 Å². The molecular weight excluding hydrogens is 460 g/mol. The van der Waals surface area contributed by atoms with Gasteiger partial charge in [0.15, 0.2) is 0 Å². The maximum absolute atomic E-state index is 13.6. The highest BCUT2D eigenvalue weighted by Gasteiger charge is 2.43. The predicted octanol–water partition coefficient (Wildman–Crippen LogP) is 4.62. The molecule has 0 aliphatic carbocycles. The average molecular weight is 490 g/mol. The van der Waals surface area contributed by atoms with Crippen molar-refractivity contribution in [3.63, 3.8) is 0 Å². The zero-order valence-corrected chi connectivity index (χ0v) is 20.5. The first-order valence-corrected chi connectivity index (χ1v) is 12.2. The molecule has 1 unspecified atom stereocenters. The van der Waals surface area contributed by atoms with E-state index in [0.717, 1.165) is 22.3 Å². The number of benzene rings is 3. The van der Waals surface area contributed by atoms with Crippen LogP contribution in [0.15, 0.2) is 66.7 Å². The molecule has 3 aromatic rings. The number of rotatable bonds is 5. The summed E-state index contributed by atoms with van der Waals surface area (Å²) in [5.74, 6) is -0.963. The summed E-state index contributed by atoms with van der Waals surface area (Å²) in [6.45, 7) is 6.51. The lowest BCUT2D eigenvalue weighted by Crippen LogP contribution is -2.53. The average Bonchev–Trinajstić information content (AvgIpc) is 3.17. The summed E-state index contributed by atoms with van der Waals surface area (Å²) in [5, 5.41) is 0. The van der Waals surface area contributed by atoms with E-state index >= 15 is 0 Å². The van der Waals surface area contributed by atoms with Crippen LogP contribution in [0.5, 0.6) is 0 Å². The highest BCUT2D eigenvalue weighted by Crippen LogP contribution is 2.32. The maximum atomic E-state index is 13.6. The van der Waals surface area contributed by atoms with Gasteiger partial charge in [-0.1, -0.05) is 30.3 Å². The molecule has 0 N–H and O–H groups in total. The molecule has 2 heterocycles. The third-order valence-corrected chi connectivity index (χ3v) is 7.40. The van der Waals surface area contributed by atoms with Crippen LogP contribution >= 0.6 is 0 Å². The molecule has 0 saturated carbocycles. The number of aryl methyl sites for hydroxylation is 2. The van der Waals surface area contributed by atoms with Gasteiger partial charge < -0.3 is 0 Å². The zero-order chi connectivity index (χ0) is 25.4. The van der Waals surface area contributed by atoms with Gasteiger partial charge in [-0.3, -0.25) is 19.4 Å². The SMILES string of the molecule is Cc1ccc(N2C(=O)CC(N3CCN(C(c4ccc(F)cc4)c4ccc(F)cc4)CC3)C2=O)cc1C. The number of nitrogens with zero attached hydrogens (tertiary/aromatic N) is 3. The Kier molecular flexibility index (Phi) is 6.69. The lowest BCUT2D eigenvalue weighted by molar-refractivity contribution is -0.123. The van der Waals surface area contributed by atoms with E-state index in [1.165, 1.54) is 29.2 Å². The van der Waals surface area contributed by atoms with Crippen LogP contribution in [0.4, 0.5) is 14.5 Å². The summed E-state index contributed by atoms with van der Waals surface area (Å²) in [4.78, 5) is 31.8. The van der Waals surface area contributed by atoms with Crippen molar-refractivity contribution in [1.82, 2.24) is 9.80 Å². The molecule has 1 atom stereocenters. The molecule has 36 heavy (non-hydrogen) atoms. The minimum atomic E-state index is -0.476. The van der Waals surface area contributed by atoms with Gasteiger partial charge >= 0.3 is 0 Å². The number of hydrogen-bond donors (Lipinski definition) is 0. The van der Waals surface area contributed by atoms with E-state index < -0.39 is 6.04 Å². The number of anilines is 1. The Labute approximate surface area is 209 Å². The van der Waals surface area contributed by atoms with Crippen LogP contribution in [0.2, 0.25) is 0 Å². The van der Waals surface area contributed by atoms with Crippen molar-refractivity contribution in [3.05, 3.63) is 101 Å². The van der Waals surface area contributed by atoms with Gasteiger partial charge in [-0.25, -0.2) is 13.7 Å². The van der Waals surface area contributed by atoms with E-state index in [-0.39, 0.29) is 35.9 Å². The molecule has 0 spiro atoms. The van der Waals surface area contributed by atoms with E-state index in [1.54, 1.807) is 24.3 Å². The number of amides is 2. The molecule has 0 aromatic heterocycles. The van der Waals surface area contributed by atoms with Gasteiger partial charge in [-0.2, -0.15) is 0 Å². The molecule has 2 aliphatic rings. The normalized spacial score (nSPS) is 19.5. The lowest BCUT2D eigenvalue weighted by atomic mass is 9.96. The molecule has 2 saturated heterocycles. The molecule has 5 nitrogen and oxygen atoms in total. The molecule has 0 bridgehead atoms.